The van der Waals surface area contributed by atoms with Gasteiger partial charge >= 0.3 is 24.1 Å². The van der Waals surface area contributed by atoms with Crippen molar-refractivity contribution in [1.29, 1.82) is 0 Å². The second-order valence-electron chi connectivity index (χ2n) is 7.58. The van der Waals surface area contributed by atoms with Crippen LogP contribution in [0.15, 0.2) is 81.6 Å². The molecule has 2 heterocycles. The lowest BCUT2D eigenvalue weighted by Crippen LogP contribution is -2.19. The van der Waals surface area contributed by atoms with Gasteiger partial charge < -0.3 is 19.5 Å². The highest BCUT2D eigenvalue weighted by atomic mass is 35.5. The molecule has 190 valence electrons. The van der Waals surface area contributed by atoms with Gasteiger partial charge in [0.25, 0.3) is 0 Å². The molecule has 5 rings (SSSR count). The van der Waals surface area contributed by atoms with Gasteiger partial charge in [-0.25, -0.2) is 9.59 Å². The Bertz CT molecular complexity index is 1470. The summed E-state index contributed by atoms with van der Waals surface area (Å²) in [6.07, 6.45) is 0. The topological polar surface area (TPSA) is 160 Å². The quantitative estimate of drug-likeness (QED) is 0.189. The molecule has 2 aromatic heterocycles. The van der Waals surface area contributed by atoms with Gasteiger partial charge in [0.2, 0.25) is 11.8 Å². The van der Waals surface area contributed by atoms with Crippen molar-refractivity contribution in [2.24, 2.45) is 0 Å². The fraction of sp³-hybridized carbons (Fsp3) is 0. The van der Waals surface area contributed by atoms with Crippen LogP contribution in [-0.4, -0.2) is 32.5 Å². The van der Waals surface area contributed by atoms with Crippen molar-refractivity contribution in [3.05, 3.63) is 82.8 Å². The lowest BCUT2D eigenvalue weighted by atomic mass is 10.1. The van der Waals surface area contributed by atoms with Gasteiger partial charge in [0, 0.05) is 32.5 Å². The van der Waals surface area contributed by atoms with Crippen LogP contribution in [-0.2, 0) is 0 Å². The fourth-order valence-corrected chi connectivity index (χ4v) is 3.40. The van der Waals surface area contributed by atoms with Crippen LogP contribution in [0.2, 0.25) is 10.0 Å². The Morgan fingerprint density at radius 3 is 1.42 bits per heavy atom. The summed E-state index contributed by atoms with van der Waals surface area (Å²) in [5.74, 6) is 0.294. The van der Waals surface area contributed by atoms with Crippen LogP contribution in [0.3, 0.4) is 0 Å². The number of aromatic nitrogens is 4. The zero-order valence-corrected chi connectivity index (χ0v) is 20.6. The predicted octanol–water partition coefficient (Wildman–Crippen LogP) is 6.38. The molecule has 14 heteroatoms. The highest BCUT2D eigenvalue weighted by Crippen LogP contribution is 2.27. The number of nitrogens with one attached hydrogen (secondary N) is 4. The van der Waals surface area contributed by atoms with Gasteiger partial charge in [-0.3, -0.25) is 10.6 Å². The molecule has 38 heavy (non-hydrogen) atoms. The van der Waals surface area contributed by atoms with Gasteiger partial charge in [0.15, 0.2) is 0 Å². The van der Waals surface area contributed by atoms with Crippen molar-refractivity contribution in [1.82, 2.24) is 20.4 Å². The van der Waals surface area contributed by atoms with Crippen LogP contribution in [0.5, 0.6) is 0 Å². The van der Waals surface area contributed by atoms with Crippen LogP contribution >= 0.6 is 23.2 Å². The Kier molecular flexibility index (Phi) is 7.15. The minimum absolute atomic E-state index is 0.104. The van der Waals surface area contributed by atoms with Gasteiger partial charge in [0.05, 0.1) is 0 Å². The van der Waals surface area contributed by atoms with E-state index in [4.69, 9.17) is 32.0 Å². The SMILES string of the molecule is O=C(Nc1ccc(Cl)cc1)Nc1nnc(-c2cccc(-c3nnc(NC(=O)Nc4ccc(Cl)cc4)o3)c2)o1. The van der Waals surface area contributed by atoms with Gasteiger partial charge in [-0.05, 0) is 66.7 Å². The second-order valence-corrected chi connectivity index (χ2v) is 8.45. The molecule has 0 radical (unpaired) electrons. The van der Waals surface area contributed by atoms with E-state index >= 15 is 0 Å². The zero-order valence-electron chi connectivity index (χ0n) is 19.1. The Morgan fingerprint density at radius 2 is 1.00 bits per heavy atom. The number of benzene rings is 3. The van der Waals surface area contributed by atoms with E-state index < -0.39 is 12.1 Å². The van der Waals surface area contributed by atoms with Crippen molar-refractivity contribution in [2.75, 3.05) is 21.3 Å². The maximum absolute atomic E-state index is 12.2. The number of amides is 4. The van der Waals surface area contributed by atoms with Crippen LogP contribution in [0.1, 0.15) is 0 Å². The number of carbonyl (C=O) groups is 2. The third-order valence-corrected chi connectivity index (χ3v) is 5.36. The number of halogens is 2. The molecule has 0 bridgehead atoms. The first-order chi connectivity index (χ1) is 18.4. The summed E-state index contributed by atoms with van der Waals surface area (Å²) < 4.78 is 11.1. The van der Waals surface area contributed by atoms with E-state index in [-0.39, 0.29) is 23.8 Å². The summed E-state index contributed by atoms with van der Waals surface area (Å²) >= 11 is 11.7. The average Bonchev–Trinajstić information content (AvgIpc) is 3.57. The first kappa shape index (κ1) is 24.7. The molecule has 0 aliphatic rings. The van der Waals surface area contributed by atoms with E-state index in [0.717, 1.165) is 0 Å². The highest BCUT2D eigenvalue weighted by molar-refractivity contribution is 6.31. The highest BCUT2D eigenvalue weighted by Gasteiger charge is 2.15. The van der Waals surface area contributed by atoms with E-state index in [1.54, 1.807) is 72.8 Å². The molecule has 0 atom stereocenters. The molecule has 0 spiro atoms. The van der Waals surface area contributed by atoms with E-state index in [9.17, 15) is 9.59 Å². The Balaban J connectivity index is 1.22. The van der Waals surface area contributed by atoms with Crippen molar-refractivity contribution >= 4 is 58.7 Å². The minimum atomic E-state index is -0.567. The van der Waals surface area contributed by atoms with Crippen LogP contribution < -0.4 is 21.3 Å². The van der Waals surface area contributed by atoms with Crippen molar-refractivity contribution in [3.8, 4) is 22.9 Å². The summed E-state index contributed by atoms with van der Waals surface area (Å²) in [6.45, 7) is 0. The molecular formula is C24H16Cl2N8O4. The summed E-state index contributed by atoms with van der Waals surface area (Å²) in [5.41, 5.74) is 2.15. The molecule has 0 fully saturated rings. The number of hydrogen-bond donors (Lipinski definition) is 4. The predicted molar refractivity (Wildman–Crippen MR) is 141 cm³/mol. The van der Waals surface area contributed by atoms with Gasteiger partial charge in [-0.15, -0.1) is 10.2 Å². The third-order valence-electron chi connectivity index (χ3n) is 4.85. The summed E-state index contributed by atoms with van der Waals surface area (Å²) in [6, 6.07) is 18.7. The standard InChI is InChI=1S/C24H16Cl2N8O4/c25-15-4-8-17(9-5-15)27-21(35)29-23-33-31-19(37-23)13-2-1-3-14(12-13)20-32-34-24(38-20)30-22(36)28-18-10-6-16(26)7-11-18/h1-12H,(H2,27,29,33,35)(H2,28,30,34,36). The Labute approximate surface area is 224 Å². The van der Waals surface area contributed by atoms with Crippen molar-refractivity contribution < 1.29 is 18.4 Å². The van der Waals surface area contributed by atoms with Crippen molar-refractivity contribution in [2.45, 2.75) is 0 Å². The van der Waals surface area contributed by atoms with Gasteiger partial charge in [-0.2, -0.15) is 0 Å². The first-order valence-electron chi connectivity index (χ1n) is 10.9. The van der Waals surface area contributed by atoms with Gasteiger partial charge in [0.1, 0.15) is 0 Å². The third kappa shape index (κ3) is 6.24. The lowest BCUT2D eigenvalue weighted by Gasteiger charge is -2.04. The molecule has 3 aromatic carbocycles. The normalized spacial score (nSPS) is 10.6. The fourth-order valence-electron chi connectivity index (χ4n) is 3.15. The molecule has 0 saturated carbocycles. The summed E-state index contributed by atoms with van der Waals surface area (Å²) in [7, 11) is 0. The molecule has 4 N–H and O–H groups in total. The second kappa shape index (κ2) is 11.0. The molecular weight excluding hydrogens is 535 g/mol. The monoisotopic (exact) mass is 550 g/mol. The largest absolute Gasteiger partial charge is 0.403 e. The molecule has 5 aromatic rings. The number of rotatable bonds is 6. The van der Waals surface area contributed by atoms with Crippen LogP contribution in [0.25, 0.3) is 22.9 Å². The van der Waals surface area contributed by atoms with Crippen molar-refractivity contribution in [3.63, 3.8) is 0 Å². The number of urea groups is 2. The Hall–Kier alpha value is -4.94. The average molecular weight is 551 g/mol. The lowest BCUT2D eigenvalue weighted by molar-refractivity contribution is 0.260. The van der Waals surface area contributed by atoms with E-state index in [2.05, 4.69) is 41.7 Å². The Morgan fingerprint density at radius 1 is 0.579 bits per heavy atom. The molecule has 0 saturated heterocycles. The van der Waals surface area contributed by atoms with Gasteiger partial charge in [-0.1, -0.05) is 39.5 Å². The summed E-state index contributed by atoms with van der Waals surface area (Å²) in [4.78, 5) is 24.4. The molecule has 0 aliphatic heterocycles. The number of hydrogen-bond acceptors (Lipinski definition) is 8. The zero-order chi connectivity index (χ0) is 26.5. The number of nitrogens with zero attached hydrogens (tertiary/aromatic N) is 4. The molecule has 0 unspecified atom stereocenters. The molecule has 4 amide bonds. The maximum atomic E-state index is 12.2. The maximum Gasteiger partial charge on any atom is 0.327 e. The summed E-state index contributed by atoms with van der Waals surface area (Å²) in [5, 5.41) is 26.9. The van der Waals surface area contributed by atoms with E-state index in [0.29, 0.717) is 32.5 Å². The minimum Gasteiger partial charge on any atom is -0.403 e. The molecule has 0 aliphatic carbocycles. The van der Waals surface area contributed by atoms with Crippen LogP contribution in [0, 0.1) is 0 Å². The molecule has 12 nitrogen and oxygen atoms in total. The smallest absolute Gasteiger partial charge is 0.327 e. The number of anilines is 4. The first-order valence-corrected chi connectivity index (χ1v) is 11.6. The van der Waals surface area contributed by atoms with E-state index in [1.165, 1.54) is 0 Å². The van der Waals surface area contributed by atoms with E-state index in [1.807, 2.05) is 0 Å². The van der Waals surface area contributed by atoms with Crippen LogP contribution in [0.4, 0.5) is 33.0 Å². The number of carbonyl (C=O) groups excluding carboxylic acids is 2.